The van der Waals surface area contributed by atoms with Gasteiger partial charge in [-0.15, -0.1) is 0 Å². The van der Waals surface area contributed by atoms with Crippen molar-refractivity contribution in [3.05, 3.63) is 23.8 Å². The van der Waals surface area contributed by atoms with E-state index in [1.807, 2.05) is 12.2 Å². The summed E-state index contributed by atoms with van der Waals surface area (Å²) < 4.78 is 15.7. The number of nitrogens with two attached hydrogens (primary N) is 1. The first-order valence-corrected chi connectivity index (χ1v) is 7.42. The third-order valence-electron chi connectivity index (χ3n) is 3.04. The lowest BCUT2D eigenvalue weighted by atomic mass is 10.1. The van der Waals surface area contributed by atoms with Gasteiger partial charge in [0.2, 0.25) is 0 Å². The second-order valence-corrected chi connectivity index (χ2v) is 5.22. The Morgan fingerprint density at radius 1 is 1.21 bits per heavy atom. The molecule has 0 aliphatic rings. The number of benzene rings is 1. The van der Waals surface area contributed by atoms with Crippen LogP contribution in [0.4, 0.5) is 4.79 Å². The Hall–Kier alpha value is -2.77. The minimum atomic E-state index is -1.15. The summed E-state index contributed by atoms with van der Waals surface area (Å²) in [5.41, 5.74) is 5.10. The number of nitrogens with one attached hydrogen (secondary N) is 1. The molecule has 0 fully saturated rings. The predicted molar refractivity (Wildman–Crippen MR) is 85.9 cm³/mol. The number of esters is 1. The van der Waals surface area contributed by atoms with Crippen LogP contribution in [0.2, 0.25) is 0 Å². The Morgan fingerprint density at radius 3 is 2.38 bits per heavy atom. The molecule has 24 heavy (non-hydrogen) atoms. The molecule has 0 unspecified atom stereocenters. The fraction of sp³-hybridized carbons (Fsp3) is 0.438. The highest BCUT2D eigenvalue weighted by Crippen LogP contribution is 2.28. The van der Waals surface area contributed by atoms with Crippen molar-refractivity contribution in [2.45, 2.75) is 26.9 Å². The SMILES string of the molecule is CCOc1ccc(C(=O)O[C@@H](C(=O)NC(N)=O)C(C)C)cc1OC. The molecular formula is C16H22N2O6. The van der Waals surface area contributed by atoms with Gasteiger partial charge in [0, 0.05) is 0 Å². The molecule has 0 bridgehead atoms. The molecule has 0 aromatic heterocycles. The highest BCUT2D eigenvalue weighted by atomic mass is 16.5. The van der Waals surface area contributed by atoms with Gasteiger partial charge >= 0.3 is 12.0 Å². The van der Waals surface area contributed by atoms with Crippen molar-refractivity contribution >= 4 is 17.9 Å². The van der Waals surface area contributed by atoms with Crippen LogP contribution >= 0.6 is 0 Å². The third-order valence-corrected chi connectivity index (χ3v) is 3.04. The second-order valence-electron chi connectivity index (χ2n) is 5.22. The van der Waals surface area contributed by atoms with Crippen LogP contribution < -0.4 is 20.5 Å². The van der Waals surface area contributed by atoms with Gasteiger partial charge in [0.25, 0.3) is 5.91 Å². The Labute approximate surface area is 140 Å². The molecule has 0 aliphatic carbocycles. The zero-order valence-electron chi connectivity index (χ0n) is 14.1. The third kappa shape index (κ3) is 5.15. The number of carbonyl (C=O) groups excluding carboxylic acids is 3. The summed E-state index contributed by atoms with van der Waals surface area (Å²) >= 11 is 0. The lowest BCUT2D eigenvalue weighted by Crippen LogP contribution is -2.45. The van der Waals surface area contributed by atoms with Gasteiger partial charge < -0.3 is 19.9 Å². The van der Waals surface area contributed by atoms with Crippen LogP contribution in [0.15, 0.2) is 18.2 Å². The van der Waals surface area contributed by atoms with E-state index in [1.54, 1.807) is 19.9 Å². The average Bonchev–Trinajstić information content (AvgIpc) is 2.51. The Morgan fingerprint density at radius 2 is 1.88 bits per heavy atom. The van der Waals surface area contributed by atoms with Gasteiger partial charge in [-0.1, -0.05) is 13.8 Å². The van der Waals surface area contributed by atoms with Crippen LogP contribution in [0.3, 0.4) is 0 Å². The first-order chi connectivity index (χ1) is 11.3. The highest BCUT2D eigenvalue weighted by Gasteiger charge is 2.28. The molecule has 1 rings (SSSR count). The minimum Gasteiger partial charge on any atom is -0.493 e. The topological polar surface area (TPSA) is 117 Å². The zero-order chi connectivity index (χ0) is 18.3. The van der Waals surface area contributed by atoms with Gasteiger partial charge in [-0.05, 0) is 31.0 Å². The fourth-order valence-electron chi connectivity index (χ4n) is 1.94. The molecule has 0 radical (unpaired) electrons. The Balaban J connectivity index is 2.95. The summed E-state index contributed by atoms with van der Waals surface area (Å²) in [5, 5.41) is 1.91. The van der Waals surface area contributed by atoms with E-state index in [1.165, 1.54) is 19.2 Å². The Kier molecular flexibility index (Phi) is 7.03. The quantitative estimate of drug-likeness (QED) is 0.727. The molecule has 0 aliphatic heterocycles. The van der Waals surface area contributed by atoms with E-state index in [2.05, 4.69) is 0 Å². The molecule has 8 nitrogen and oxygen atoms in total. The van der Waals surface area contributed by atoms with Crippen LogP contribution in [0.5, 0.6) is 11.5 Å². The molecule has 3 N–H and O–H groups in total. The standard InChI is InChI=1S/C16H22N2O6/c1-5-23-11-7-6-10(8-12(11)22-4)15(20)24-13(9(2)3)14(19)18-16(17)21/h6-9,13H,5H2,1-4H3,(H3,17,18,19,21)/t13-/m1/s1. The van der Waals surface area contributed by atoms with Gasteiger partial charge in [0.05, 0.1) is 19.3 Å². The summed E-state index contributed by atoms with van der Waals surface area (Å²) in [4.78, 5) is 35.0. The van der Waals surface area contributed by atoms with E-state index < -0.39 is 24.0 Å². The van der Waals surface area contributed by atoms with E-state index in [-0.39, 0.29) is 11.5 Å². The number of methoxy groups -OCH3 is 1. The first kappa shape index (κ1) is 19.3. The molecule has 0 heterocycles. The second kappa shape index (κ2) is 8.76. The van der Waals surface area contributed by atoms with Crippen molar-refractivity contribution in [1.29, 1.82) is 0 Å². The molecule has 132 valence electrons. The number of carbonyl (C=O) groups is 3. The summed E-state index contributed by atoms with van der Waals surface area (Å²) in [5.74, 6) is -0.992. The normalized spacial score (nSPS) is 11.5. The smallest absolute Gasteiger partial charge is 0.339 e. The maximum Gasteiger partial charge on any atom is 0.339 e. The Bertz CT molecular complexity index is 615. The van der Waals surface area contributed by atoms with Gasteiger partial charge in [0.15, 0.2) is 17.6 Å². The zero-order valence-corrected chi connectivity index (χ0v) is 14.1. The van der Waals surface area contributed by atoms with Gasteiger partial charge in [-0.25, -0.2) is 9.59 Å². The van der Waals surface area contributed by atoms with E-state index in [0.29, 0.717) is 18.1 Å². The van der Waals surface area contributed by atoms with E-state index in [0.717, 1.165) is 0 Å². The molecule has 1 aromatic carbocycles. The van der Waals surface area contributed by atoms with Crippen molar-refractivity contribution in [2.75, 3.05) is 13.7 Å². The maximum absolute atomic E-state index is 12.3. The number of imide groups is 1. The van der Waals surface area contributed by atoms with Crippen LogP contribution in [0.1, 0.15) is 31.1 Å². The molecule has 1 aromatic rings. The van der Waals surface area contributed by atoms with Crippen LogP contribution in [-0.4, -0.2) is 37.7 Å². The van der Waals surface area contributed by atoms with Crippen molar-refractivity contribution in [2.24, 2.45) is 11.7 Å². The number of primary amides is 1. The number of amides is 3. The number of ether oxygens (including phenoxy) is 3. The molecule has 0 saturated heterocycles. The monoisotopic (exact) mass is 338 g/mol. The van der Waals surface area contributed by atoms with E-state index in [4.69, 9.17) is 19.9 Å². The summed E-state index contributed by atoms with van der Waals surface area (Å²) in [6, 6.07) is 3.52. The van der Waals surface area contributed by atoms with Crippen LogP contribution in [0.25, 0.3) is 0 Å². The molecular weight excluding hydrogens is 316 g/mol. The molecule has 1 atom stereocenters. The number of rotatable bonds is 7. The maximum atomic E-state index is 12.3. The van der Waals surface area contributed by atoms with Gasteiger partial charge in [0.1, 0.15) is 0 Å². The first-order valence-electron chi connectivity index (χ1n) is 7.42. The lowest BCUT2D eigenvalue weighted by molar-refractivity contribution is -0.130. The van der Waals surface area contributed by atoms with Gasteiger partial charge in [-0.3, -0.25) is 10.1 Å². The highest BCUT2D eigenvalue weighted by molar-refractivity contribution is 5.98. The largest absolute Gasteiger partial charge is 0.493 e. The molecule has 0 saturated carbocycles. The van der Waals surface area contributed by atoms with Crippen LogP contribution in [-0.2, 0) is 9.53 Å². The fourth-order valence-corrected chi connectivity index (χ4v) is 1.94. The van der Waals surface area contributed by atoms with Gasteiger partial charge in [-0.2, -0.15) is 0 Å². The lowest BCUT2D eigenvalue weighted by Gasteiger charge is -2.20. The van der Waals surface area contributed by atoms with Crippen molar-refractivity contribution in [1.82, 2.24) is 5.32 Å². The van der Waals surface area contributed by atoms with Crippen molar-refractivity contribution in [3.63, 3.8) is 0 Å². The number of hydrogen-bond donors (Lipinski definition) is 2. The number of hydrogen-bond acceptors (Lipinski definition) is 6. The molecule has 8 heteroatoms. The van der Waals surface area contributed by atoms with Crippen LogP contribution in [0, 0.1) is 5.92 Å². The number of urea groups is 1. The van der Waals surface area contributed by atoms with E-state index in [9.17, 15) is 14.4 Å². The summed E-state index contributed by atoms with van der Waals surface area (Å²) in [7, 11) is 1.45. The molecule has 0 spiro atoms. The summed E-state index contributed by atoms with van der Waals surface area (Å²) in [6.45, 7) is 5.63. The van der Waals surface area contributed by atoms with Crippen molar-refractivity contribution in [3.8, 4) is 11.5 Å². The van der Waals surface area contributed by atoms with Crippen molar-refractivity contribution < 1.29 is 28.6 Å². The predicted octanol–water partition coefficient (Wildman–Crippen LogP) is 1.47. The van der Waals surface area contributed by atoms with E-state index >= 15 is 0 Å². The molecule has 3 amide bonds. The minimum absolute atomic E-state index is 0.188. The average molecular weight is 338 g/mol. The summed E-state index contributed by atoms with van der Waals surface area (Å²) in [6.07, 6.45) is -1.15.